The monoisotopic (exact) mass is 275 g/mol. The van der Waals surface area contributed by atoms with Crippen molar-refractivity contribution in [1.82, 2.24) is 15.2 Å². The van der Waals surface area contributed by atoms with Crippen LogP contribution in [0.2, 0.25) is 0 Å². The third-order valence-corrected chi connectivity index (χ3v) is 3.77. The Morgan fingerprint density at radius 3 is 2.65 bits per heavy atom. The van der Waals surface area contributed by atoms with Gasteiger partial charge in [0.25, 0.3) is 0 Å². The molecule has 1 aliphatic heterocycles. The van der Waals surface area contributed by atoms with Gasteiger partial charge < -0.3 is 10.2 Å². The summed E-state index contributed by atoms with van der Waals surface area (Å²) in [7, 11) is 0. The number of rotatable bonds is 3. The predicted octanol–water partition coefficient (Wildman–Crippen LogP) is 1.41. The number of nitrogens with zero attached hydrogens (tertiary/aromatic N) is 2. The first-order valence-electron chi connectivity index (χ1n) is 6.91. The Kier molecular flexibility index (Phi) is 3.79. The van der Waals surface area contributed by atoms with Gasteiger partial charge in [0.15, 0.2) is 0 Å². The molecule has 0 aromatic carbocycles. The molecule has 1 aromatic heterocycles. The number of carbonyl (C=O) groups is 2. The molecule has 1 aliphatic rings. The molecule has 0 bridgehead atoms. The Morgan fingerprint density at radius 2 is 2.05 bits per heavy atom. The standard InChI is InChI=1S/C15H21N3O2/c1-5-12-13(19)18(15(3,4)14(20)17-12)9-11-8-6-7-10(2)16-11/h6-8,12H,5,9H2,1-4H3,(H,17,20). The quantitative estimate of drug-likeness (QED) is 0.907. The van der Waals surface area contributed by atoms with Gasteiger partial charge in [0.05, 0.1) is 12.2 Å². The van der Waals surface area contributed by atoms with Crippen molar-refractivity contribution >= 4 is 11.8 Å². The van der Waals surface area contributed by atoms with Crippen LogP contribution in [0.1, 0.15) is 38.6 Å². The van der Waals surface area contributed by atoms with Gasteiger partial charge in [0.2, 0.25) is 11.8 Å². The molecular formula is C15H21N3O2. The van der Waals surface area contributed by atoms with Crippen molar-refractivity contribution in [3.63, 3.8) is 0 Å². The highest BCUT2D eigenvalue weighted by atomic mass is 16.2. The summed E-state index contributed by atoms with van der Waals surface area (Å²) in [5, 5.41) is 2.78. The first kappa shape index (κ1) is 14.5. The number of hydrogen-bond donors (Lipinski definition) is 1. The molecule has 1 unspecified atom stereocenters. The van der Waals surface area contributed by atoms with Gasteiger partial charge in [-0.2, -0.15) is 0 Å². The minimum atomic E-state index is -0.853. The van der Waals surface area contributed by atoms with Crippen LogP contribution < -0.4 is 5.32 Å². The molecule has 0 radical (unpaired) electrons. The zero-order valence-corrected chi connectivity index (χ0v) is 12.4. The lowest BCUT2D eigenvalue weighted by atomic mass is 9.94. The summed E-state index contributed by atoms with van der Waals surface area (Å²) in [5.74, 6) is -0.156. The molecule has 1 atom stereocenters. The van der Waals surface area contributed by atoms with Crippen molar-refractivity contribution in [1.29, 1.82) is 0 Å². The van der Waals surface area contributed by atoms with Gasteiger partial charge in [-0.15, -0.1) is 0 Å². The summed E-state index contributed by atoms with van der Waals surface area (Å²) in [4.78, 5) is 30.7. The fraction of sp³-hybridized carbons (Fsp3) is 0.533. The maximum atomic E-state index is 12.5. The van der Waals surface area contributed by atoms with Crippen LogP contribution in [0.5, 0.6) is 0 Å². The van der Waals surface area contributed by atoms with Crippen molar-refractivity contribution in [3.05, 3.63) is 29.6 Å². The van der Waals surface area contributed by atoms with E-state index in [9.17, 15) is 9.59 Å². The van der Waals surface area contributed by atoms with Crippen molar-refractivity contribution in [2.24, 2.45) is 0 Å². The Balaban J connectivity index is 2.30. The van der Waals surface area contributed by atoms with Crippen molar-refractivity contribution in [3.8, 4) is 0 Å². The Bertz CT molecular complexity index is 540. The highest BCUT2D eigenvalue weighted by Crippen LogP contribution is 2.24. The SMILES string of the molecule is CCC1NC(=O)C(C)(C)N(Cc2cccc(C)n2)C1=O. The van der Waals surface area contributed by atoms with Gasteiger partial charge >= 0.3 is 0 Å². The normalized spacial score (nSPS) is 21.8. The molecule has 0 spiro atoms. The summed E-state index contributed by atoms with van der Waals surface area (Å²) < 4.78 is 0. The average molecular weight is 275 g/mol. The van der Waals surface area contributed by atoms with Crippen molar-refractivity contribution in [2.75, 3.05) is 0 Å². The van der Waals surface area contributed by atoms with Crippen LogP contribution >= 0.6 is 0 Å². The third-order valence-electron chi connectivity index (χ3n) is 3.77. The Labute approximate surface area is 119 Å². The van der Waals surface area contributed by atoms with Gasteiger partial charge in [-0.1, -0.05) is 13.0 Å². The van der Waals surface area contributed by atoms with Gasteiger partial charge in [-0.3, -0.25) is 14.6 Å². The molecule has 0 aliphatic carbocycles. The molecule has 5 heteroatoms. The van der Waals surface area contributed by atoms with E-state index in [0.29, 0.717) is 13.0 Å². The number of hydrogen-bond acceptors (Lipinski definition) is 3. The second-order valence-corrected chi connectivity index (χ2v) is 5.69. The smallest absolute Gasteiger partial charge is 0.246 e. The molecule has 20 heavy (non-hydrogen) atoms. The minimum Gasteiger partial charge on any atom is -0.342 e. The second kappa shape index (κ2) is 5.23. The van der Waals surface area contributed by atoms with E-state index in [0.717, 1.165) is 11.4 Å². The van der Waals surface area contributed by atoms with Crippen LogP contribution in [0.25, 0.3) is 0 Å². The molecule has 2 heterocycles. The second-order valence-electron chi connectivity index (χ2n) is 5.69. The zero-order chi connectivity index (χ0) is 14.9. The Hall–Kier alpha value is -1.91. The van der Waals surface area contributed by atoms with E-state index in [1.165, 1.54) is 0 Å². The van der Waals surface area contributed by atoms with E-state index in [4.69, 9.17) is 0 Å². The first-order chi connectivity index (χ1) is 9.36. The van der Waals surface area contributed by atoms with E-state index < -0.39 is 11.6 Å². The topological polar surface area (TPSA) is 62.3 Å². The molecular weight excluding hydrogens is 254 g/mol. The summed E-state index contributed by atoms with van der Waals surface area (Å²) in [6.07, 6.45) is 0.596. The number of aryl methyl sites for hydroxylation is 1. The van der Waals surface area contributed by atoms with E-state index in [2.05, 4.69) is 10.3 Å². The minimum absolute atomic E-state index is 0.0413. The van der Waals surface area contributed by atoms with E-state index in [1.807, 2.05) is 32.0 Å². The predicted molar refractivity (Wildman–Crippen MR) is 75.8 cm³/mol. The molecule has 2 amide bonds. The molecule has 1 fully saturated rings. The maximum absolute atomic E-state index is 12.5. The summed E-state index contributed by atoms with van der Waals surface area (Å²) >= 11 is 0. The van der Waals surface area contributed by atoms with Gasteiger partial charge in [0.1, 0.15) is 11.6 Å². The number of amides is 2. The van der Waals surface area contributed by atoms with Crippen LogP contribution in [0, 0.1) is 6.92 Å². The summed E-state index contributed by atoms with van der Waals surface area (Å²) in [5.41, 5.74) is 0.853. The van der Waals surface area contributed by atoms with Crippen LogP contribution in [-0.4, -0.2) is 33.3 Å². The highest BCUT2D eigenvalue weighted by molar-refractivity contribution is 5.99. The average Bonchev–Trinajstić information content (AvgIpc) is 2.39. The van der Waals surface area contributed by atoms with Crippen LogP contribution in [0.3, 0.4) is 0 Å². The van der Waals surface area contributed by atoms with E-state index >= 15 is 0 Å². The largest absolute Gasteiger partial charge is 0.342 e. The first-order valence-corrected chi connectivity index (χ1v) is 6.91. The molecule has 1 N–H and O–H groups in total. The molecule has 2 rings (SSSR count). The van der Waals surface area contributed by atoms with Gasteiger partial charge in [0, 0.05) is 5.69 Å². The van der Waals surface area contributed by atoms with E-state index in [1.54, 1.807) is 18.7 Å². The third kappa shape index (κ3) is 2.53. The molecule has 108 valence electrons. The molecule has 1 aromatic rings. The molecule has 5 nitrogen and oxygen atoms in total. The van der Waals surface area contributed by atoms with Crippen molar-refractivity contribution in [2.45, 2.75) is 52.2 Å². The number of aromatic nitrogens is 1. The number of nitrogens with one attached hydrogen (secondary N) is 1. The van der Waals surface area contributed by atoms with Crippen LogP contribution in [-0.2, 0) is 16.1 Å². The lowest BCUT2D eigenvalue weighted by Crippen LogP contribution is -2.67. The highest BCUT2D eigenvalue weighted by Gasteiger charge is 2.45. The van der Waals surface area contributed by atoms with Crippen molar-refractivity contribution < 1.29 is 9.59 Å². The zero-order valence-electron chi connectivity index (χ0n) is 12.4. The van der Waals surface area contributed by atoms with Crippen LogP contribution in [0.15, 0.2) is 18.2 Å². The molecule has 1 saturated heterocycles. The molecule has 0 saturated carbocycles. The van der Waals surface area contributed by atoms with Gasteiger partial charge in [-0.25, -0.2) is 0 Å². The summed E-state index contributed by atoms with van der Waals surface area (Å²) in [6.45, 7) is 7.69. The lowest BCUT2D eigenvalue weighted by Gasteiger charge is -2.44. The number of piperazine rings is 1. The van der Waals surface area contributed by atoms with E-state index in [-0.39, 0.29) is 11.8 Å². The maximum Gasteiger partial charge on any atom is 0.246 e. The number of pyridine rings is 1. The Morgan fingerprint density at radius 1 is 1.35 bits per heavy atom. The van der Waals surface area contributed by atoms with Gasteiger partial charge in [-0.05, 0) is 39.3 Å². The number of carbonyl (C=O) groups excluding carboxylic acids is 2. The lowest BCUT2D eigenvalue weighted by molar-refractivity contribution is -0.156. The fourth-order valence-electron chi connectivity index (χ4n) is 2.38. The van der Waals surface area contributed by atoms with Crippen LogP contribution in [0.4, 0.5) is 0 Å². The fourth-order valence-corrected chi connectivity index (χ4v) is 2.38. The summed E-state index contributed by atoms with van der Waals surface area (Å²) in [6, 6.07) is 5.27.